The Morgan fingerprint density at radius 3 is 2.10 bits per heavy atom. The summed E-state index contributed by atoms with van der Waals surface area (Å²) in [6.45, 7) is 3.60. The predicted octanol–water partition coefficient (Wildman–Crippen LogP) is 2.15. The van der Waals surface area contributed by atoms with E-state index in [1.54, 1.807) is 13.8 Å². The number of carbonyl (C=O) groups excluding carboxylic acids is 2. The number of imide groups is 1. The molecule has 1 N–H and O–H groups in total. The van der Waals surface area contributed by atoms with Crippen LogP contribution in [0.2, 0.25) is 0 Å². The quantitative estimate of drug-likeness (QED) is 0.846. The average molecular weight is 287 g/mol. The van der Waals surface area contributed by atoms with Gasteiger partial charge in [0, 0.05) is 0 Å². The molecule has 3 rings (SSSR count). The molecule has 21 heavy (non-hydrogen) atoms. The van der Waals surface area contributed by atoms with Crippen LogP contribution in [0, 0.1) is 19.8 Å². The molecular formula is C16H17NO4. The molecule has 2 unspecified atom stereocenters. The Morgan fingerprint density at radius 2 is 1.62 bits per heavy atom. The van der Waals surface area contributed by atoms with Crippen molar-refractivity contribution < 1.29 is 19.5 Å². The molecule has 0 aromatic heterocycles. The molecule has 0 spiro atoms. The molecule has 0 radical (unpaired) electrons. The van der Waals surface area contributed by atoms with Crippen molar-refractivity contribution in [2.45, 2.75) is 39.2 Å². The van der Waals surface area contributed by atoms with Gasteiger partial charge in [-0.05, 0) is 37.8 Å². The van der Waals surface area contributed by atoms with Gasteiger partial charge < -0.3 is 5.11 Å². The highest BCUT2D eigenvalue weighted by atomic mass is 16.4. The Morgan fingerprint density at radius 1 is 1.10 bits per heavy atom. The molecule has 0 bridgehead atoms. The Bertz CT molecular complexity index is 623. The summed E-state index contributed by atoms with van der Waals surface area (Å²) in [7, 11) is 0. The first kappa shape index (κ1) is 13.8. The smallest absolute Gasteiger partial charge is 0.308 e. The maximum atomic E-state index is 12.6. The van der Waals surface area contributed by atoms with Crippen molar-refractivity contribution in [2.75, 3.05) is 0 Å². The van der Waals surface area contributed by atoms with Crippen LogP contribution in [0.15, 0.2) is 12.1 Å². The molecular weight excluding hydrogens is 270 g/mol. The fourth-order valence-electron chi connectivity index (χ4n) is 3.53. The molecule has 2 aliphatic rings. The SMILES string of the molecule is Cc1ccc(C)c2c1C(=O)N(C1CCCC1C(=O)O)C2=O. The summed E-state index contributed by atoms with van der Waals surface area (Å²) in [5.74, 6) is -2.25. The van der Waals surface area contributed by atoms with Crippen LogP contribution in [-0.2, 0) is 4.79 Å². The first-order chi connectivity index (χ1) is 9.93. The molecule has 5 heteroatoms. The summed E-state index contributed by atoms with van der Waals surface area (Å²) in [5, 5.41) is 9.29. The monoisotopic (exact) mass is 287 g/mol. The summed E-state index contributed by atoms with van der Waals surface area (Å²) in [6.07, 6.45) is 1.82. The zero-order chi connectivity index (χ0) is 15.3. The van der Waals surface area contributed by atoms with E-state index < -0.39 is 17.9 Å². The van der Waals surface area contributed by atoms with E-state index in [0.717, 1.165) is 17.5 Å². The normalized spacial score (nSPS) is 24.6. The van der Waals surface area contributed by atoms with E-state index in [2.05, 4.69) is 0 Å². The number of nitrogens with zero attached hydrogens (tertiary/aromatic N) is 1. The van der Waals surface area contributed by atoms with Gasteiger partial charge in [0.05, 0.1) is 23.1 Å². The summed E-state index contributed by atoms with van der Waals surface area (Å²) in [6, 6.07) is 3.13. The van der Waals surface area contributed by atoms with Gasteiger partial charge >= 0.3 is 5.97 Å². The summed E-state index contributed by atoms with van der Waals surface area (Å²) >= 11 is 0. The van der Waals surface area contributed by atoms with Crippen molar-refractivity contribution >= 4 is 17.8 Å². The van der Waals surface area contributed by atoms with E-state index in [9.17, 15) is 19.5 Å². The van der Waals surface area contributed by atoms with Crippen LogP contribution >= 0.6 is 0 Å². The molecule has 1 fully saturated rings. The second-order valence-corrected chi connectivity index (χ2v) is 5.87. The van der Waals surface area contributed by atoms with Gasteiger partial charge in [-0.1, -0.05) is 18.6 Å². The number of aliphatic carboxylic acids is 1. The number of fused-ring (bicyclic) bond motifs is 1. The van der Waals surface area contributed by atoms with Crippen molar-refractivity contribution in [3.8, 4) is 0 Å². The van der Waals surface area contributed by atoms with Crippen molar-refractivity contribution in [1.29, 1.82) is 0 Å². The fraction of sp³-hybridized carbons (Fsp3) is 0.438. The fourth-order valence-corrected chi connectivity index (χ4v) is 3.53. The van der Waals surface area contributed by atoms with E-state index in [1.807, 2.05) is 12.1 Å². The molecule has 2 amide bonds. The second-order valence-electron chi connectivity index (χ2n) is 5.87. The number of carboxylic acid groups (broad SMARTS) is 1. The van der Waals surface area contributed by atoms with Crippen molar-refractivity contribution in [3.05, 3.63) is 34.4 Å². The van der Waals surface area contributed by atoms with Crippen LogP contribution in [0.5, 0.6) is 0 Å². The van der Waals surface area contributed by atoms with E-state index in [-0.39, 0.29) is 11.8 Å². The van der Waals surface area contributed by atoms with E-state index in [0.29, 0.717) is 24.0 Å². The number of carbonyl (C=O) groups is 3. The minimum atomic E-state index is -0.928. The van der Waals surface area contributed by atoms with Gasteiger partial charge in [0.1, 0.15) is 0 Å². The number of carboxylic acids is 1. The molecule has 1 aliphatic heterocycles. The first-order valence-corrected chi connectivity index (χ1v) is 7.14. The van der Waals surface area contributed by atoms with Gasteiger partial charge in [0.25, 0.3) is 11.8 Å². The number of amides is 2. The molecule has 1 aromatic rings. The van der Waals surface area contributed by atoms with Crippen LogP contribution in [0.4, 0.5) is 0 Å². The van der Waals surface area contributed by atoms with E-state index >= 15 is 0 Å². The van der Waals surface area contributed by atoms with Gasteiger partial charge in [-0.3, -0.25) is 19.3 Å². The highest BCUT2D eigenvalue weighted by molar-refractivity contribution is 6.23. The summed E-state index contributed by atoms with van der Waals surface area (Å²) in [5.41, 5.74) is 2.41. The Hall–Kier alpha value is -2.17. The predicted molar refractivity (Wildman–Crippen MR) is 75.2 cm³/mol. The zero-order valence-electron chi connectivity index (χ0n) is 12.0. The van der Waals surface area contributed by atoms with Gasteiger partial charge in [-0.2, -0.15) is 0 Å². The number of rotatable bonds is 2. The lowest BCUT2D eigenvalue weighted by Crippen LogP contribution is -2.44. The molecule has 110 valence electrons. The molecule has 1 saturated carbocycles. The molecule has 2 atom stereocenters. The lowest BCUT2D eigenvalue weighted by Gasteiger charge is -2.25. The third kappa shape index (κ3) is 1.87. The molecule has 0 saturated heterocycles. The molecule has 1 aromatic carbocycles. The van der Waals surface area contributed by atoms with Gasteiger partial charge in [0.15, 0.2) is 0 Å². The topological polar surface area (TPSA) is 74.7 Å². The Kier molecular flexibility index (Phi) is 3.08. The largest absolute Gasteiger partial charge is 0.481 e. The van der Waals surface area contributed by atoms with Crippen LogP contribution in [-0.4, -0.2) is 33.8 Å². The lowest BCUT2D eigenvalue weighted by atomic mass is 9.99. The Labute approximate surface area is 122 Å². The van der Waals surface area contributed by atoms with E-state index in [4.69, 9.17) is 0 Å². The van der Waals surface area contributed by atoms with Crippen LogP contribution < -0.4 is 0 Å². The van der Waals surface area contributed by atoms with Gasteiger partial charge in [-0.25, -0.2) is 0 Å². The summed E-state index contributed by atoms with van der Waals surface area (Å²) in [4.78, 5) is 37.8. The van der Waals surface area contributed by atoms with E-state index in [1.165, 1.54) is 4.90 Å². The van der Waals surface area contributed by atoms with Crippen LogP contribution in [0.3, 0.4) is 0 Å². The van der Waals surface area contributed by atoms with Crippen molar-refractivity contribution in [3.63, 3.8) is 0 Å². The summed E-state index contributed by atoms with van der Waals surface area (Å²) < 4.78 is 0. The number of benzene rings is 1. The number of aryl methyl sites for hydroxylation is 2. The maximum absolute atomic E-state index is 12.6. The minimum absolute atomic E-state index is 0.339. The molecule has 1 heterocycles. The highest BCUT2D eigenvalue weighted by Gasteiger charge is 2.47. The number of hydrogen-bond acceptors (Lipinski definition) is 3. The molecule has 1 aliphatic carbocycles. The third-order valence-electron chi connectivity index (χ3n) is 4.62. The number of hydrogen-bond donors (Lipinski definition) is 1. The van der Waals surface area contributed by atoms with Crippen LogP contribution in [0.25, 0.3) is 0 Å². The highest BCUT2D eigenvalue weighted by Crippen LogP contribution is 2.37. The van der Waals surface area contributed by atoms with Gasteiger partial charge in [0.2, 0.25) is 0 Å². The maximum Gasteiger partial charge on any atom is 0.308 e. The second kappa shape index (κ2) is 4.69. The van der Waals surface area contributed by atoms with Gasteiger partial charge in [-0.15, -0.1) is 0 Å². The lowest BCUT2D eigenvalue weighted by molar-refractivity contribution is -0.142. The Balaban J connectivity index is 2.06. The van der Waals surface area contributed by atoms with Crippen molar-refractivity contribution in [1.82, 2.24) is 4.90 Å². The van der Waals surface area contributed by atoms with Crippen molar-refractivity contribution in [2.24, 2.45) is 5.92 Å². The zero-order valence-corrected chi connectivity index (χ0v) is 12.0. The molecule has 5 nitrogen and oxygen atoms in total. The average Bonchev–Trinajstić information content (AvgIpc) is 2.98. The minimum Gasteiger partial charge on any atom is -0.481 e. The third-order valence-corrected chi connectivity index (χ3v) is 4.62. The standard InChI is InChI=1S/C16H17NO4/c1-8-6-7-9(2)13-12(8)14(18)17(15(13)19)11-5-3-4-10(11)16(20)21/h6-7,10-11H,3-5H2,1-2H3,(H,20,21). The van der Waals surface area contributed by atoms with Crippen LogP contribution in [0.1, 0.15) is 51.1 Å². The first-order valence-electron chi connectivity index (χ1n) is 7.14.